The topological polar surface area (TPSA) is 0 Å². The monoisotopic (exact) mass is 422 g/mol. The summed E-state index contributed by atoms with van der Waals surface area (Å²) >= 11 is 12.6. The van der Waals surface area contributed by atoms with Gasteiger partial charge in [-0.2, -0.15) is 0 Å². The predicted molar refractivity (Wildman–Crippen MR) is 131 cm³/mol. The molecule has 6 rings (SSSR count). The second kappa shape index (κ2) is 6.74. The van der Waals surface area contributed by atoms with Crippen molar-refractivity contribution >= 4 is 55.5 Å². The molecule has 0 N–H and O–H groups in total. The van der Waals surface area contributed by atoms with Crippen LogP contribution in [0.4, 0.5) is 0 Å². The van der Waals surface area contributed by atoms with E-state index in [0.717, 1.165) is 15.6 Å². The molecule has 0 unspecified atom stereocenters. The Morgan fingerprint density at radius 2 is 0.867 bits per heavy atom. The van der Waals surface area contributed by atoms with E-state index in [9.17, 15) is 0 Å². The number of halogens is 2. The lowest BCUT2D eigenvalue weighted by atomic mass is 9.94. The minimum Gasteiger partial charge on any atom is -0.0843 e. The average Bonchev–Trinajstić information content (AvgIpc) is 2.99. The first-order valence-electron chi connectivity index (χ1n) is 9.93. The summed E-state index contributed by atoms with van der Waals surface area (Å²) in [6, 6.07) is 33.8. The Bertz CT molecular complexity index is 1550. The molecule has 0 aromatic heterocycles. The van der Waals surface area contributed by atoms with Gasteiger partial charge in [-0.1, -0.05) is 96.0 Å². The third-order valence-corrected chi connectivity index (χ3v) is 6.47. The first-order chi connectivity index (χ1) is 14.7. The van der Waals surface area contributed by atoms with Crippen molar-refractivity contribution in [1.29, 1.82) is 0 Å². The summed E-state index contributed by atoms with van der Waals surface area (Å²) in [7, 11) is 0. The van der Waals surface area contributed by atoms with Crippen molar-refractivity contribution in [2.45, 2.75) is 0 Å². The van der Waals surface area contributed by atoms with Gasteiger partial charge in [0.15, 0.2) is 0 Å². The van der Waals surface area contributed by atoms with Crippen LogP contribution in [0, 0.1) is 0 Å². The van der Waals surface area contributed by atoms with Gasteiger partial charge in [0, 0.05) is 10.0 Å². The highest BCUT2D eigenvalue weighted by Crippen LogP contribution is 2.50. The van der Waals surface area contributed by atoms with Crippen LogP contribution in [-0.4, -0.2) is 0 Å². The van der Waals surface area contributed by atoms with Crippen LogP contribution in [0.25, 0.3) is 54.6 Å². The Morgan fingerprint density at radius 3 is 1.47 bits per heavy atom. The van der Waals surface area contributed by atoms with Crippen LogP contribution in [0.2, 0.25) is 10.0 Å². The highest BCUT2D eigenvalue weighted by Gasteiger charge is 2.22. The molecule has 0 heterocycles. The number of benzene rings is 4. The van der Waals surface area contributed by atoms with Crippen molar-refractivity contribution in [3.63, 3.8) is 0 Å². The molecule has 4 aromatic carbocycles. The quantitative estimate of drug-likeness (QED) is 0.231. The molecule has 2 aliphatic rings. The highest BCUT2D eigenvalue weighted by atomic mass is 35.5. The summed E-state index contributed by atoms with van der Waals surface area (Å²) < 4.78 is 0. The Balaban J connectivity index is 1.96. The van der Waals surface area contributed by atoms with Gasteiger partial charge in [-0.15, -0.1) is 0 Å². The van der Waals surface area contributed by atoms with Crippen molar-refractivity contribution in [3.05, 3.63) is 107 Å². The van der Waals surface area contributed by atoms with E-state index >= 15 is 0 Å². The average molecular weight is 423 g/mol. The summed E-state index contributed by atoms with van der Waals surface area (Å²) in [4.78, 5) is 0. The van der Waals surface area contributed by atoms with Crippen molar-refractivity contribution in [3.8, 4) is 22.3 Å². The molecule has 0 saturated carbocycles. The molecular weight excluding hydrogens is 407 g/mol. The van der Waals surface area contributed by atoms with Crippen LogP contribution in [0.5, 0.6) is 0 Å². The third kappa shape index (κ3) is 2.55. The first kappa shape index (κ1) is 17.8. The molecule has 0 aliphatic heterocycles. The number of hydrogen-bond acceptors (Lipinski definition) is 0. The SMILES string of the molecule is Clc1ccc(-c2c3ccc(Cl)ccc-3c3c4ccccc4c4ccccc4c23)cc1. The Labute approximate surface area is 184 Å². The molecule has 2 heteroatoms. The summed E-state index contributed by atoms with van der Waals surface area (Å²) in [5, 5.41) is 9.09. The van der Waals surface area contributed by atoms with Gasteiger partial charge < -0.3 is 0 Å². The predicted octanol–water partition coefficient (Wildman–Crippen LogP) is 9.22. The summed E-state index contributed by atoms with van der Waals surface area (Å²) in [5.41, 5.74) is 4.79. The molecule has 0 spiro atoms. The van der Waals surface area contributed by atoms with Gasteiger partial charge in [0.2, 0.25) is 0 Å². The van der Waals surface area contributed by atoms with Crippen molar-refractivity contribution in [2.75, 3.05) is 0 Å². The number of rotatable bonds is 1. The van der Waals surface area contributed by atoms with E-state index in [-0.39, 0.29) is 0 Å². The maximum absolute atomic E-state index is 6.38. The van der Waals surface area contributed by atoms with Crippen molar-refractivity contribution in [2.24, 2.45) is 0 Å². The van der Waals surface area contributed by atoms with Crippen molar-refractivity contribution in [1.82, 2.24) is 0 Å². The molecule has 2 aliphatic carbocycles. The van der Waals surface area contributed by atoms with E-state index in [0.29, 0.717) is 0 Å². The van der Waals surface area contributed by atoms with E-state index in [4.69, 9.17) is 23.2 Å². The Hall–Kier alpha value is -3.06. The van der Waals surface area contributed by atoms with Crippen LogP contribution in [0.3, 0.4) is 0 Å². The van der Waals surface area contributed by atoms with Crippen molar-refractivity contribution < 1.29 is 0 Å². The van der Waals surface area contributed by atoms with Crippen LogP contribution in [0.15, 0.2) is 97.1 Å². The van der Waals surface area contributed by atoms with Crippen LogP contribution in [-0.2, 0) is 0 Å². The molecule has 4 aromatic rings. The second-order valence-electron chi connectivity index (χ2n) is 7.60. The largest absolute Gasteiger partial charge is 0.0843 e. The molecule has 0 bridgehead atoms. The number of fused-ring (bicyclic) bond motifs is 8. The molecule has 142 valence electrons. The van der Waals surface area contributed by atoms with Crippen LogP contribution in [0.1, 0.15) is 0 Å². The molecule has 0 nitrogen and oxygen atoms in total. The zero-order chi connectivity index (χ0) is 20.2. The molecule has 0 atom stereocenters. The van der Waals surface area contributed by atoms with E-state index in [1.807, 2.05) is 24.3 Å². The molecular formula is C28H16Cl2. The molecule has 0 saturated heterocycles. The maximum atomic E-state index is 6.38. The summed E-state index contributed by atoms with van der Waals surface area (Å²) in [6.07, 6.45) is 0. The van der Waals surface area contributed by atoms with Gasteiger partial charge in [-0.05, 0) is 78.8 Å². The molecule has 0 radical (unpaired) electrons. The first-order valence-corrected chi connectivity index (χ1v) is 10.7. The zero-order valence-electron chi connectivity index (χ0n) is 16.0. The van der Waals surface area contributed by atoms with E-state index < -0.39 is 0 Å². The number of hydrogen-bond donors (Lipinski definition) is 0. The molecule has 0 fully saturated rings. The maximum Gasteiger partial charge on any atom is 0.0406 e. The van der Waals surface area contributed by atoms with Crippen LogP contribution >= 0.6 is 23.2 Å². The van der Waals surface area contributed by atoms with Gasteiger partial charge in [-0.25, -0.2) is 0 Å². The smallest absolute Gasteiger partial charge is 0.0406 e. The highest BCUT2D eigenvalue weighted by molar-refractivity contribution is 6.35. The Kier molecular flexibility index (Phi) is 3.99. The zero-order valence-corrected chi connectivity index (χ0v) is 17.5. The normalized spacial score (nSPS) is 11.7. The molecule has 0 amide bonds. The lowest BCUT2D eigenvalue weighted by molar-refractivity contribution is 1.68. The second-order valence-corrected chi connectivity index (χ2v) is 8.47. The van der Waals surface area contributed by atoms with E-state index in [1.54, 1.807) is 0 Å². The lowest BCUT2D eigenvalue weighted by Gasteiger charge is -2.10. The van der Waals surface area contributed by atoms with Crippen LogP contribution < -0.4 is 0 Å². The van der Waals surface area contributed by atoms with Gasteiger partial charge in [0.25, 0.3) is 0 Å². The van der Waals surface area contributed by atoms with Gasteiger partial charge in [0.1, 0.15) is 0 Å². The van der Waals surface area contributed by atoms with Gasteiger partial charge >= 0.3 is 0 Å². The van der Waals surface area contributed by atoms with Gasteiger partial charge in [-0.3, -0.25) is 0 Å². The molecule has 30 heavy (non-hydrogen) atoms. The van der Waals surface area contributed by atoms with E-state index in [2.05, 4.69) is 72.8 Å². The standard InChI is InChI=1S/C28H16Cl2/c29-18-11-9-17(10-12-18)26-24-15-13-19(30)14-16-25(24)27-22-7-3-1-5-20(22)21-6-2-4-8-23(21)28(26)27/h1-16H. The fourth-order valence-electron chi connectivity index (χ4n) is 4.73. The summed E-state index contributed by atoms with van der Waals surface area (Å²) in [5.74, 6) is 0. The fourth-order valence-corrected chi connectivity index (χ4v) is 4.98. The Morgan fingerprint density at radius 1 is 0.400 bits per heavy atom. The van der Waals surface area contributed by atoms with Gasteiger partial charge in [0.05, 0.1) is 0 Å². The minimum atomic E-state index is 0.728. The minimum absolute atomic E-state index is 0.728. The van der Waals surface area contributed by atoms with E-state index in [1.165, 1.54) is 49.0 Å². The summed E-state index contributed by atoms with van der Waals surface area (Å²) in [6.45, 7) is 0. The fraction of sp³-hybridized carbons (Fsp3) is 0. The lowest BCUT2D eigenvalue weighted by Crippen LogP contribution is -1.82. The third-order valence-electron chi connectivity index (χ3n) is 5.96.